The predicted molar refractivity (Wildman–Crippen MR) is 69.2 cm³/mol. The van der Waals surface area contributed by atoms with Crippen LogP contribution in [-0.2, 0) is 0 Å². The number of nitrogens with zero attached hydrogens (tertiary/aromatic N) is 2. The first-order chi connectivity index (χ1) is 8.19. The fourth-order valence-corrected chi connectivity index (χ4v) is 1.54. The average molecular weight is 248 g/mol. The molecular formula is C12H10ClN3O. The van der Waals surface area contributed by atoms with Crippen molar-refractivity contribution in [2.24, 2.45) is 5.18 Å². The second-order valence-corrected chi connectivity index (χ2v) is 3.99. The topological polar surface area (TPSA) is 54.4 Å². The van der Waals surface area contributed by atoms with E-state index in [1.54, 1.807) is 18.2 Å². The molecule has 2 aromatic rings. The molecule has 2 rings (SSSR count). The number of hydrogen-bond donors (Lipinski definition) is 1. The quantitative estimate of drug-likeness (QED) is 0.828. The Hall–Kier alpha value is -1.94. The van der Waals surface area contributed by atoms with E-state index in [2.05, 4.69) is 15.5 Å². The molecule has 0 aliphatic carbocycles. The molecule has 1 heterocycles. The summed E-state index contributed by atoms with van der Waals surface area (Å²) in [5.41, 5.74) is 2.16. The SMILES string of the molecule is Cc1ccc(Nc2cc(N=O)ccn2)cc1Cl. The lowest BCUT2D eigenvalue weighted by atomic mass is 10.2. The van der Waals surface area contributed by atoms with E-state index in [1.807, 2.05) is 19.1 Å². The minimum absolute atomic E-state index is 0.334. The lowest BCUT2D eigenvalue weighted by Gasteiger charge is -2.07. The zero-order valence-electron chi connectivity index (χ0n) is 9.14. The zero-order chi connectivity index (χ0) is 12.3. The van der Waals surface area contributed by atoms with Crippen LogP contribution in [0.1, 0.15) is 5.56 Å². The normalized spacial score (nSPS) is 10.0. The molecule has 0 bridgehead atoms. The van der Waals surface area contributed by atoms with Gasteiger partial charge in [0.2, 0.25) is 0 Å². The van der Waals surface area contributed by atoms with Gasteiger partial charge < -0.3 is 5.32 Å². The van der Waals surface area contributed by atoms with Crippen LogP contribution in [0.2, 0.25) is 5.02 Å². The summed E-state index contributed by atoms with van der Waals surface area (Å²) in [7, 11) is 0. The minimum Gasteiger partial charge on any atom is -0.340 e. The van der Waals surface area contributed by atoms with Crippen molar-refractivity contribution in [2.45, 2.75) is 6.92 Å². The number of anilines is 2. The molecule has 0 fully saturated rings. The maximum atomic E-state index is 10.4. The fourth-order valence-electron chi connectivity index (χ4n) is 1.36. The van der Waals surface area contributed by atoms with Gasteiger partial charge in [-0.15, -0.1) is 4.91 Å². The lowest BCUT2D eigenvalue weighted by molar-refractivity contribution is 1.29. The second kappa shape index (κ2) is 4.93. The summed E-state index contributed by atoms with van der Waals surface area (Å²) in [5, 5.41) is 6.58. The molecule has 0 atom stereocenters. The minimum atomic E-state index is 0.334. The van der Waals surface area contributed by atoms with Gasteiger partial charge in [-0.05, 0) is 35.9 Å². The van der Waals surface area contributed by atoms with Gasteiger partial charge in [0.05, 0.1) is 0 Å². The van der Waals surface area contributed by atoms with Gasteiger partial charge in [-0.2, -0.15) is 0 Å². The molecular weight excluding hydrogens is 238 g/mol. The molecule has 0 unspecified atom stereocenters. The molecule has 5 heteroatoms. The van der Waals surface area contributed by atoms with E-state index in [0.29, 0.717) is 16.5 Å². The molecule has 0 saturated heterocycles. The molecule has 1 aromatic carbocycles. The van der Waals surface area contributed by atoms with Gasteiger partial charge >= 0.3 is 0 Å². The largest absolute Gasteiger partial charge is 0.340 e. The number of nitroso groups, excluding NO2 is 1. The van der Waals surface area contributed by atoms with Gasteiger partial charge in [-0.25, -0.2) is 4.98 Å². The van der Waals surface area contributed by atoms with Crippen molar-refractivity contribution < 1.29 is 0 Å². The van der Waals surface area contributed by atoms with Crippen molar-refractivity contribution in [3.63, 3.8) is 0 Å². The fraction of sp³-hybridized carbons (Fsp3) is 0.0833. The van der Waals surface area contributed by atoms with Gasteiger partial charge in [-0.3, -0.25) is 0 Å². The number of pyridine rings is 1. The summed E-state index contributed by atoms with van der Waals surface area (Å²) < 4.78 is 0. The van der Waals surface area contributed by atoms with Crippen LogP contribution in [0.25, 0.3) is 0 Å². The van der Waals surface area contributed by atoms with Crippen molar-refractivity contribution in [1.82, 2.24) is 4.98 Å². The van der Waals surface area contributed by atoms with Crippen LogP contribution >= 0.6 is 11.6 Å². The Labute approximate surface area is 104 Å². The highest BCUT2D eigenvalue weighted by molar-refractivity contribution is 6.31. The van der Waals surface area contributed by atoms with Crippen LogP contribution < -0.4 is 5.32 Å². The number of aromatic nitrogens is 1. The first-order valence-corrected chi connectivity index (χ1v) is 5.39. The Balaban J connectivity index is 2.24. The van der Waals surface area contributed by atoms with Crippen molar-refractivity contribution in [3.05, 3.63) is 52.0 Å². The van der Waals surface area contributed by atoms with Crippen LogP contribution in [0.4, 0.5) is 17.2 Å². The summed E-state index contributed by atoms with van der Waals surface area (Å²) in [6, 6.07) is 8.72. The molecule has 1 aromatic heterocycles. The Kier molecular flexibility index (Phi) is 3.35. The Bertz CT molecular complexity index is 557. The van der Waals surface area contributed by atoms with Crippen LogP contribution in [0.3, 0.4) is 0 Å². The van der Waals surface area contributed by atoms with E-state index in [4.69, 9.17) is 11.6 Å². The highest BCUT2D eigenvalue weighted by Crippen LogP contribution is 2.23. The number of aryl methyl sites for hydroxylation is 1. The van der Waals surface area contributed by atoms with Crippen LogP contribution in [0.5, 0.6) is 0 Å². The van der Waals surface area contributed by atoms with Crippen molar-refractivity contribution >= 4 is 28.8 Å². The third-order valence-corrected chi connectivity index (χ3v) is 2.70. The molecule has 0 spiro atoms. The number of rotatable bonds is 3. The van der Waals surface area contributed by atoms with E-state index in [0.717, 1.165) is 11.3 Å². The monoisotopic (exact) mass is 247 g/mol. The Morgan fingerprint density at radius 2 is 2.12 bits per heavy atom. The summed E-state index contributed by atoms with van der Waals surface area (Å²) in [6.45, 7) is 1.93. The third kappa shape index (κ3) is 2.79. The third-order valence-electron chi connectivity index (χ3n) is 2.29. The van der Waals surface area contributed by atoms with Gasteiger partial charge in [0.25, 0.3) is 0 Å². The molecule has 4 nitrogen and oxygen atoms in total. The van der Waals surface area contributed by atoms with Crippen LogP contribution in [-0.4, -0.2) is 4.98 Å². The van der Waals surface area contributed by atoms with Crippen molar-refractivity contribution in [3.8, 4) is 0 Å². The molecule has 0 aliphatic heterocycles. The maximum Gasteiger partial charge on any atom is 0.132 e. The molecule has 1 N–H and O–H groups in total. The maximum absolute atomic E-state index is 10.4. The number of benzene rings is 1. The van der Waals surface area contributed by atoms with Crippen molar-refractivity contribution in [2.75, 3.05) is 5.32 Å². The molecule has 0 saturated carbocycles. The van der Waals surface area contributed by atoms with Gasteiger partial charge in [0.1, 0.15) is 11.5 Å². The standard InChI is InChI=1S/C12H10ClN3O/c1-8-2-3-9(6-11(8)13)15-12-7-10(16-17)4-5-14-12/h2-7H,1H3,(H,14,15). The summed E-state index contributed by atoms with van der Waals surface area (Å²) in [6.07, 6.45) is 1.52. The average Bonchev–Trinajstić information content (AvgIpc) is 2.34. The highest BCUT2D eigenvalue weighted by atomic mass is 35.5. The number of nitrogens with one attached hydrogen (secondary N) is 1. The molecule has 0 radical (unpaired) electrons. The summed E-state index contributed by atoms with van der Waals surface area (Å²) >= 11 is 6.01. The summed E-state index contributed by atoms with van der Waals surface area (Å²) in [5.74, 6) is 0.557. The lowest BCUT2D eigenvalue weighted by Crippen LogP contribution is -1.93. The van der Waals surface area contributed by atoms with Crippen LogP contribution in [0.15, 0.2) is 41.7 Å². The van der Waals surface area contributed by atoms with Gasteiger partial charge in [-0.1, -0.05) is 17.7 Å². The second-order valence-electron chi connectivity index (χ2n) is 3.58. The van der Waals surface area contributed by atoms with E-state index < -0.39 is 0 Å². The predicted octanol–water partition coefficient (Wildman–Crippen LogP) is 4.18. The van der Waals surface area contributed by atoms with E-state index in [-0.39, 0.29) is 0 Å². The first-order valence-electron chi connectivity index (χ1n) is 5.01. The first kappa shape index (κ1) is 11.5. The van der Waals surface area contributed by atoms with Crippen molar-refractivity contribution in [1.29, 1.82) is 0 Å². The Morgan fingerprint density at radius 1 is 1.29 bits per heavy atom. The number of hydrogen-bond acceptors (Lipinski definition) is 4. The highest BCUT2D eigenvalue weighted by Gasteiger charge is 2.00. The van der Waals surface area contributed by atoms with E-state index in [9.17, 15) is 4.91 Å². The van der Waals surface area contributed by atoms with Crippen LogP contribution in [0, 0.1) is 11.8 Å². The smallest absolute Gasteiger partial charge is 0.132 e. The Morgan fingerprint density at radius 3 is 2.82 bits per heavy atom. The van der Waals surface area contributed by atoms with E-state index in [1.165, 1.54) is 6.20 Å². The van der Waals surface area contributed by atoms with Gasteiger partial charge in [0.15, 0.2) is 0 Å². The van der Waals surface area contributed by atoms with E-state index >= 15 is 0 Å². The zero-order valence-corrected chi connectivity index (χ0v) is 9.90. The summed E-state index contributed by atoms with van der Waals surface area (Å²) in [4.78, 5) is 14.5. The molecule has 0 aliphatic rings. The molecule has 0 amide bonds. The van der Waals surface area contributed by atoms with Gasteiger partial charge in [0, 0.05) is 23.0 Å². The molecule has 17 heavy (non-hydrogen) atoms. The number of halogens is 1. The molecule has 86 valence electrons.